The van der Waals surface area contributed by atoms with Crippen LogP contribution < -0.4 is 4.90 Å². The highest BCUT2D eigenvalue weighted by Crippen LogP contribution is 2.42. The number of thiophene rings is 1. The van der Waals surface area contributed by atoms with Gasteiger partial charge in [-0.2, -0.15) is 0 Å². The predicted octanol–water partition coefficient (Wildman–Crippen LogP) is 5.09. The lowest BCUT2D eigenvalue weighted by atomic mass is 10.0. The fraction of sp³-hybridized carbons (Fsp3) is 0.190. The molecule has 0 saturated carbocycles. The molecule has 0 radical (unpaired) electrons. The van der Waals surface area contributed by atoms with Crippen molar-refractivity contribution in [1.82, 2.24) is 15.0 Å². The lowest BCUT2D eigenvalue weighted by Crippen LogP contribution is -2.24. The van der Waals surface area contributed by atoms with Gasteiger partial charge in [-0.05, 0) is 30.0 Å². The first-order valence-corrected chi connectivity index (χ1v) is 9.74. The predicted molar refractivity (Wildman–Crippen MR) is 106 cm³/mol. The second-order valence-electron chi connectivity index (χ2n) is 6.53. The van der Waals surface area contributed by atoms with E-state index in [1.54, 1.807) is 17.7 Å². The topological polar surface area (TPSA) is 41.9 Å². The minimum atomic E-state index is 0.324. The minimum Gasteiger partial charge on any atom is -0.349 e. The largest absolute Gasteiger partial charge is 0.349 e. The van der Waals surface area contributed by atoms with Gasteiger partial charge in [-0.3, -0.25) is 4.98 Å². The molecule has 4 heterocycles. The molecular weight excluding hydrogens is 340 g/mol. The van der Waals surface area contributed by atoms with Gasteiger partial charge in [0.1, 0.15) is 17.0 Å². The van der Waals surface area contributed by atoms with Crippen LogP contribution in [0.2, 0.25) is 0 Å². The first kappa shape index (κ1) is 15.5. The zero-order chi connectivity index (χ0) is 17.3. The van der Waals surface area contributed by atoms with Gasteiger partial charge in [0, 0.05) is 29.9 Å². The summed E-state index contributed by atoms with van der Waals surface area (Å²) in [6.07, 6.45) is 7.80. The van der Waals surface area contributed by atoms with Gasteiger partial charge < -0.3 is 4.90 Å². The van der Waals surface area contributed by atoms with Gasteiger partial charge in [0.2, 0.25) is 0 Å². The van der Waals surface area contributed by atoms with Gasteiger partial charge in [0.15, 0.2) is 0 Å². The Balaban J connectivity index is 1.66. The molecule has 0 bridgehead atoms. The molecule has 1 aromatic carbocycles. The van der Waals surface area contributed by atoms with E-state index in [-0.39, 0.29) is 0 Å². The Hall–Kier alpha value is -2.79. The van der Waals surface area contributed by atoms with Crippen LogP contribution in [0.3, 0.4) is 0 Å². The molecule has 1 saturated heterocycles. The van der Waals surface area contributed by atoms with Crippen LogP contribution in [0, 0.1) is 0 Å². The van der Waals surface area contributed by atoms with Gasteiger partial charge in [-0.25, -0.2) is 9.97 Å². The molecule has 4 aromatic rings. The Bertz CT molecular complexity index is 1030. The molecule has 5 rings (SSSR count). The number of hydrogen-bond acceptors (Lipinski definition) is 5. The van der Waals surface area contributed by atoms with Gasteiger partial charge in [0.05, 0.1) is 11.4 Å². The summed E-state index contributed by atoms with van der Waals surface area (Å²) in [6, 6.07) is 15.0. The van der Waals surface area contributed by atoms with E-state index in [1.165, 1.54) is 22.1 Å². The third kappa shape index (κ3) is 2.56. The first-order chi connectivity index (χ1) is 12.9. The summed E-state index contributed by atoms with van der Waals surface area (Å²) in [5.41, 5.74) is 3.69. The molecule has 5 heteroatoms. The van der Waals surface area contributed by atoms with Crippen LogP contribution in [0.5, 0.6) is 0 Å². The smallest absolute Gasteiger partial charge is 0.141 e. The molecule has 26 heavy (non-hydrogen) atoms. The number of nitrogens with zero attached hydrogens (tertiary/aromatic N) is 4. The van der Waals surface area contributed by atoms with Gasteiger partial charge in [0.25, 0.3) is 0 Å². The van der Waals surface area contributed by atoms with Gasteiger partial charge in [-0.1, -0.05) is 36.4 Å². The molecule has 1 aliphatic rings. The summed E-state index contributed by atoms with van der Waals surface area (Å²) >= 11 is 1.69. The van der Waals surface area contributed by atoms with Crippen molar-refractivity contribution in [3.05, 3.63) is 72.1 Å². The zero-order valence-electron chi connectivity index (χ0n) is 14.2. The number of benzene rings is 1. The van der Waals surface area contributed by atoms with Crippen molar-refractivity contribution >= 4 is 27.4 Å². The van der Waals surface area contributed by atoms with E-state index in [9.17, 15) is 0 Å². The summed E-state index contributed by atoms with van der Waals surface area (Å²) in [5.74, 6) is 1.04. The van der Waals surface area contributed by atoms with Gasteiger partial charge in [-0.15, -0.1) is 11.3 Å². The second kappa shape index (κ2) is 6.50. The van der Waals surface area contributed by atoms with Crippen molar-refractivity contribution in [2.75, 3.05) is 11.4 Å². The number of pyridine rings is 1. The Kier molecular flexibility index (Phi) is 3.87. The highest BCUT2D eigenvalue weighted by molar-refractivity contribution is 7.17. The average molecular weight is 358 g/mol. The lowest BCUT2D eigenvalue weighted by Gasteiger charge is -2.26. The number of fused-ring (bicyclic) bond motifs is 1. The molecule has 1 aliphatic heterocycles. The van der Waals surface area contributed by atoms with E-state index in [1.807, 2.05) is 24.5 Å². The highest BCUT2D eigenvalue weighted by atomic mass is 32.1. The number of hydrogen-bond donors (Lipinski definition) is 0. The van der Waals surface area contributed by atoms with E-state index in [0.29, 0.717) is 6.04 Å². The van der Waals surface area contributed by atoms with Crippen molar-refractivity contribution in [3.8, 4) is 11.1 Å². The van der Waals surface area contributed by atoms with Crippen molar-refractivity contribution < 1.29 is 0 Å². The van der Waals surface area contributed by atoms with Crippen molar-refractivity contribution in [3.63, 3.8) is 0 Å². The number of anilines is 1. The van der Waals surface area contributed by atoms with E-state index >= 15 is 0 Å². The third-order valence-electron chi connectivity index (χ3n) is 5.03. The van der Waals surface area contributed by atoms with E-state index in [0.717, 1.165) is 30.0 Å². The zero-order valence-corrected chi connectivity index (χ0v) is 15.1. The average Bonchev–Trinajstić information content (AvgIpc) is 3.36. The van der Waals surface area contributed by atoms with E-state index in [2.05, 4.69) is 50.6 Å². The molecule has 4 nitrogen and oxygen atoms in total. The molecule has 0 spiro atoms. The normalized spacial score (nSPS) is 17.1. The monoisotopic (exact) mass is 358 g/mol. The second-order valence-corrected chi connectivity index (χ2v) is 7.39. The summed E-state index contributed by atoms with van der Waals surface area (Å²) in [7, 11) is 0. The molecule has 0 amide bonds. The highest BCUT2D eigenvalue weighted by Gasteiger charge is 2.29. The van der Waals surface area contributed by atoms with Crippen molar-refractivity contribution in [2.45, 2.75) is 18.9 Å². The summed E-state index contributed by atoms with van der Waals surface area (Å²) in [6.45, 7) is 1.01. The van der Waals surface area contributed by atoms with Crippen LogP contribution in [0.4, 0.5) is 5.82 Å². The number of rotatable bonds is 3. The molecule has 1 atom stereocenters. The molecule has 3 aromatic heterocycles. The van der Waals surface area contributed by atoms with Crippen LogP contribution in [0.15, 0.2) is 66.6 Å². The van der Waals surface area contributed by atoms with E-state index in [4.69, 9.17) is 4.98 Å². The first-order valence-electron chi connectivity index (χ1n) is 8.86. The van der Waals surface area contributed by atoms with Crippen LogP contribution in [-0.2, 0) is 0 Å². The summed E-state index contributed by atoms with van der Waals surface area (Å²) in [4.78, 5) is 17.0. The fourth-order valence-corrected chi connectivity index (χ4v) is 4.76. The van der Waals surface area contributed by atoms with Crippen LogP contribution in [0.25, 0.3) is 21.3 Å². The maximum absolute atomic E-state index is 4.72. The summed E-state index contributed by atoms with van der Waals surface area (Å²) < 4.78 is 0. The molecule has 0 aliphatic carbocycles. The Morgan fingerprint density at radius 2 is 1.96 bits per heavy atom. The Labute approximate surface area is 156 Å². The Morgan fingerprint density at radius 1 is 1.04 bits per heavy atom. The quantitative estimate of drug-likeness (QED) is 0.511. The van der Waals surface area contributed by atoms with Crippen molar-refractivity contribution in [1.29, 1.82) is 0 Å². The molecular formula is C21H18N4S. The molecule has 1 fully saturated rings. The molecule has 128 valence electrons. The van der Waals surface area contributed by atoms with Crippen LogP contribution in [-0.4, -0.2) is 21.5 Å². The van der Waals surface area contributed by atoms with Crippen molar-refractivity contribution in [2.24, 2.45) is 0 Å². The van der Waals surface area contributed by atoms with Gasteiger partial charge >= 0.3 is 0 Å². The van der Waals surface area contributed by atoms with Crippen LogP contribution in [0.1, 0.15) is 24.4 Å². The van der Waals surface area contributed by atoms with Crippen LogP contribution >= 0.6 is 11.3 Å². The fourth-order valence-electron chi connectivity index (χ4n) is 3.85. The Morgan fingerprint density at radius 3 is 2.81 bits per heavy atom. The SMILES string of the molecule is c1ccc(-c2csc3ncnc(N4CCC[C@H]4c4cccnc4)c23)cc1. The molecule has 0 N–H and O–H groups in total. The maximum atomic E-state index is 4.72. The minimum absolute atomic E-state index is 0.324. The van der Waals surface area contributed by atoms with E-state index < -0.39 is 0 Å². The third-order valence-corrected chi connectivity index (χ3v) is 5.92. The lowest BCUT2D eigenvalue weighted by molar-refractivity contribution is 0.710. The maximum Gasteiger partial charge on any atom is 0.141 e. The number of aromatic nitrogens is 3. The standard InChI is InChI=1S/C21H18N4S/c1-2-6-15(7-3-1)17-13-26-21-19(17)20(23-14-24-21)25-11-5-9-18(25)16-8-4-10-22-12-16/h1-4,6-8,10,12-14,18H,5,9,11H2/t18-/m0/s1. The summed E-state index contributed by atoms with van der Waals surface area (Å²) in [5, 5.41) is 3.37. The molecule has 0 unspecified atom stereocenters.